The summed E-state index contributed by atoms with van der Waals surface area (Å²) in [4.78, 5) is 0. The zero-order chi connectivity index (χ0) is 15.1. The number of aryl methyl sites for hydroxylation is 1. The van der Waals surface area contributed by atoms with E-state index in [1.807, 2.05) is 33.8 Å². The van der Waals surface area contributed by atoms with Gasteiger partial charge in [-0.1, -0.05) is 39.3 Å². The maximum Gasteiger partial charge on any atom is 0.416 e. The summed E-state index contributed by atoms with van der Waals surface area (Å²) in [5, 5.41) is 2.97. The number of hydrogen-bond donors (Lipinski definition) is 1. The van der Waals surface area contributed by atoms with Gasteiger partial charge in [-0.15, -0.1) is 0 Å². The third kappa shape index (κ3) is 4.86. The molecule has 0 amide bonds. The van der Waals surface area contributed by atoms with Crippen LogP contribution in [0.25, 0.3) is 0 Å². The lowest BCUT2D eigenvalue weighted by atomic mass is 9.93. The van der Waals surface area contributed by atoms with E-state index in [9.17, 15) is 13.2 Å². The van der Waals surface area contributed by atoms with Crippen molar-refractivity contribution in [3.8, 4) is 0 Å². The summed E-state index contributed by atoms with van der Waals surface area (Å²) in [5.41, 5.74) is 1.45. The van der Waals surface area contributed by atoms with Crippen molar-refractivity contribution in [2.24, 2.45) is 0 Å². The molecule has 0 unspecified atom stereocenters. The van der Waals surface area contributed by atoms with Crippen LogP contribution in [0.5, 0.6) is 0 Å². The summed E-state index contributed by atoms with van der Waals surface area (Å²) >= 11 is 0. The number of benzene rings is 1. The minimum Gasteiger partial charge on any atom is -0.312 e. The molecule has 1 aliphatic rings. The lowest BCUT2D eigenvalue weighted by Crippen LogP contribution is -2.26. The van der Waals surface area contributed by atoms with Gasteiger partial charge >= 0.3 is 6.18 Å². The standard InChI is InChI=1S/C11H12F3N.2C2H6/c1-7-4-8-2-3-15-6-9(8)10(5-7)11(12,13)14;2*1-2/h4-5,15H,2-3,6H2,1H3;2*1-2H3. The van der Waals surface area contributed by atoms with Crippen LogP contribution >= 0.6 is 0 Å². The van der Waals surface area contributed by atoms with Crippen LogP contribution in [0, 0.1) is 6.92 Å². The van der Waals surface area contributed by atoms with Crippen molar-refractivity contribution in [2.45, 2.75) is 53.8 Å². The molecule has 0 saturated carbocycles. The Kier molecular flexibility index (Phi) is 7.76. The molecule has 0 bridgehead atoms. The summed E-state index contributed by atoms with van der Waals surface area (Å²) in [7, 11) is 0. The van der Waals surface area contributed by atoms with Gasteiger partial charge in [-0.05, 0) is 37.1 Å². The van der Waals surface area contributed by atoms with E-state index in [2.05, 4.69) is 5.32 Å². The van der Waals surface area contributed by atoms with Crippen molar-refractivity contribution in [1.82, 2.24) is 5.32 Å². The van der Waals surface area contributed by atoms with E-state index in [0.717, 1.165) is 12.1 Å². The van der Waals surface area contributed by atoms with Crippen LogP contribution in [-0.4, -0.2) is 6.54 Å². The molecule has 0 radical (unpaired) electrons. The molecule has 1 nitrogen and oxygen atoms in total. The highest BCUT2D eigenvalue weighted by Gasteiger charge is 2.34. The van der Waals surface area contributed by atoms with Crippen LogP contribution < -0.4 is 5.32 Å². The molecule has 0 atom stereocenters. The molecule has 1 heterocycles. The van der Waals surface area contributed by atoms with Gasteiger partial charge in [0.1, 0.15) is 0 Å². The predicted molar refractivity (Wildman–Crippen MR) is 74.3 cm³/mol. The average Bonchev–Trinajstić information content (AvgIpc) is 2.41. The van der Waals surface area contributed by atoms with E-state index >= 15 is 0 Å². The van der Waals surface area contributed by atoms with Crippen molar-refractivity contribution in [2.75, 3.05) is 6.54 Å². The van der Waals surface area contributed by atoms with Crippen molar-refractivity contribution < 1.29 is 13.2 Å². The van der Waals surface area contributed by atoms with Crippen molar-refractivity contribution in [3.63, 3.8) is 0 Å². The largest absolute Gasteiger partial charge is 0.416 e. The van der Waals surface area contributed by atoms with Gasteiger partial charge in [0.15, 0.2) is 0 Å². The molecule has 1 N–H and O–H groups in total. The van der Waals surface area contributed by atoms with E-state index in [-0.39, 0.29) is 0 Å². The first-order chi connectivity index (χ1) is 8.98. The molecule has 1 aromatic carbocycles. The molecule has 110 valence electrons. The molecule has 1 aliphatic heterocycles. The summed E-state index contributed by atoms with van der Waals surface area (Å²) in [6.45, 7) is 10.8. The lowest BCUT2D eigenvalue weighted by Gasteiger charge is -2.22. The molecule has 1 aromatic rings. The highest BCUT2D eigenvalue weighted by Crippen LogP contribution is 2.35. The van der Waals surface area contributed by atoms with E-state index in [4.69, 9.17) is 0 Å². The molecule has 4 heteroatoms. The molecule has 0 spiro atoms. The van der Waals surface area contributed by atoms with Crippen LogP contribution in [0.3, 0.4) is 0 Å². The summed E-state index contributed by atoms with van der Waals surface area (Å²) < 4.78 is 38.2. The molecule has 0 fully saturated rings. The fourth-order valence-corrected chi connectivity index (χ4v) is 2.01. The first-order valence-electron chi connectivity index (χ1n) is 6.89. The van der Waals surface area contributed by atoms with Crippen molar-refractivity contribution in [1.29, 1.82) is 0 Å². The summed E-state index contributed by atoms with van der Waals surface area (Å²) in [6.07, 6.45) is -3.56. The highest BCUT2D eigenvalue weighted by molar-refractivity contribution is 5.41. The van der Waals surface area contributed by atoms with Gasteiger partial charge < -0.3 is 5.32 Å². The fourth-order valence-electron chi connectivity index (χ4n) is 2.01. The molecular formula is C15H24F3N. The Morgan fingerprint density at radius 1 is 1.05 bits per heavy atom. The SMILES string of the molecule is CC.CC.Cc1cc2c(c(C(F)(F)F)c1)CNCC2. The topological polar surface area (TPSA) is 12.0 Å². The summed E-state index contributed by atoms with van der Waals surface area (Å²) in [6, 6.07) is 3.08. The Morgan fingerprint density at radius 2 is 1.63 bits per heavy atom. The van der Waals surface area contributed by atoms with Crippen LogP contribution in [0.15, 0.2) is 12.1 Å². The minimum absolute atomic E-state index is 0.324. The Labute approximate surface area is 114 Å². The van der Waals surface area contributed by atoms with Gasteiger partial charge in [0.05, 0.1) is 5.56 Å². The zero-order valence-corrected chi connectivity index (χ0v) is 12.4. The second kappa shape index (κ2) is 8.20. The number of rotatable bonds is 0. The third-order valence-electron chi connectivity index (χ3n) is 2.66. The van der Waals surface area contributed by atoms with Crippen LogP contribution in [0.4, 0.5) is 13.2 Å². The van der Waals surface area contributed by atoms with Crippen LogP contribution in [0.2, 0.25) is 0 Å². The Hall–Kier alpha value is -1.03. The molecule has 19 heavy (non-hydrogen) atoms. The monoisotopic (exact) mass is 275 g/mol. The van der Waals surface area contributed by atoms with E-state index in [1.54, 1.807) is 6.92 Å². The number of alkyl halides is 3. The fraction of sp³-hybridized carbons (Fsp3) is 0.600. The normalized spacial score (nSPS) is 13.5. The maximum absolute atomic E-state index is 12.7. The molecular weight excluding hydrogens is 251 g/mol. The van der Waals surface area contributed by atoms with Gasteiger partial charge in [-0.3, -0.25) is 0 Å². The first kappa shape index (κ1) is 18.0. The van der Waals surface area contributed by atoms with Gasteiger partial charge in [0.25, 0.3) is 0 Å². The van der Waals surface area contributed by atoms with E-state index < -0.39 is 11.7 Å². The molecule has 0 aromatic heterocycles. The maximum atomic E-state index is 12.7. The molecule has 0 saturated heterocycles. The lowest BCUT2D eigenvalue weighted by molar-refractivity contribution is -0.138. The van der Waals surface area contributed by atoms with Gasteiger partial charge in [0.2, 0.25) is 0 Å². The molecule has 0 aliphatic carbocycles. The van der Waals surface area contributed by atoms with Crippen molar-refractivity contribution >= 4 is 0 Å². The third-order valence-corrected chi connectivity index (χ3v) is 2.66. The number of halogens is 3. The number of hydrogen-bond acceptors (Lipinski definition) is 1. The van der Waals surface area contributed by atoms with Crippen molar-refractivity contribution in [3.05, 3.63) is 34.4 Å². The Morgan fingerprint density at radius 3 is 2.16 bits per heavy atom. The highest BCUT2D eigenvalue weighted by atomic mass is 19.4. The first-order valence-corrected chi connectivity index (χ1v) is 6.89. The number of nitrogens with one attached hydrogen (secondary N) is 1. The van der Waals surface area contributed by atoms with Crippen LogP contribution in [0.1, 0.15) is 49.9 Å². The van der Waals surface area contributed by atoms with Gasteiger partial charge in [0, 0.05) is 6.54 Å². The van der Waals surface area contributed by atoms with Crippen LogP contribution in [-0.2, 0) is 19.1 Å². The van der Waals surface area contributed by atoms with Gasteiger partial charge in [-0.25, -0.2) is 0 Å². The van der Waals surface area contributed by atoms with E-state index in [0.29, 0.717) is 24.1 Å². The predicted octanol–water partition coefficient (Wildman–Crippen LogP) is 4.71. The minimum atomic E-state index is -4.24. The average molecular weight is 275 g/mol. The number of fused-ring (bicyclic) bond motifs is 1. The Bertz CT molecular complexity index is 384. The Balaban J connectivity index is 0.000000741. The quantitative estimate of drug-likeness (QED) is 0.723. The smallest absolute Gasteiger partial charge is 0.312 e. The van der Waals surface area contributed by atoms with Gasteiger partial charge in [-0.2, -0.15) is 13.2 Å². The second-order valence-corrected chi connectivity index (χ2v) is 3.87. The van der Waals surface area contributed by atoms with E-state index in [1.165, 1.54) is 6.07 Å². The summed E-state index contributed by atoms with van der Waals surface area (Å²) in [5.74, 6) is 0. The zero-order valence-electron chi connectivity index (χ0n) is 12.4. The second-order valence-electron chi connectivity index (χ2n) is 3.87. The molecule has 2 rings (SSSR count).